The van der Waals surface area contributed by atoms with Crippen LogP contribution in [0.25, 0.3) is 0 Å². The maximum atomic E-state index is 4.64. The highest BCUT2D eigenvalue weighted by Crippen LogP contribution is 2.04. The highest BCUT2D eigenvalue weighted by atomic mass is 35.5. The molecule has 1 fully saturated rings. The molecule has 0 atom stereocenters. The molecule has 0 bridgehead atoms. The molecule has 1 heterocycles. The molecule has 0 spiro atoms. The first-order chi connectivity index (χ1) is 5.00. The third kappa shape index (κ3) is 11.2. The van der Waals surface area contributed by atoms with Crippen LogP contribution in [0.15, 0.2) is 0 Å². The van der Waals surface area contributed by atoms with Crippen LogP contribution in [0, 0.1) is 0 Å². The number of hydrogen-bond acceptors (Lipinski definition) is 0. The van der Waals surface area contributed by atoms with Crippen molar-refractivity contribution >= 4 is 26.2 Å². The van der Waals surface area contributed by atoms with Gasteiger partial charge in [0.2, 0.25) is 0 Å². The molecule has 0 aliphatic carbocycles. The van der Waals surface area contributed by atoms with Gasteiger partial charge in [-0.25, -0.2) is 0 Å². The molecule has 0 N–H and O–H groups in total. The Morgan fingerprint density at radius 3 is 1.60 bits per heavy atom. The van der Waals surface area contributed by atoms with Gasteiger partial charge < -0.3 is 0 Å². The zero-order chi connectivity index (χ0) is 8.24. The lowest BCUT2D eigenvalue weighted by molar-refractivity contribution is 1.04. The van der Waals surface area contributed by atoms with Crippen LogP contribution in [-0.4, -0.2) is 20.9 Å². The van der Waals surface area contributed by atoms with Crippen molar-refractivity contribution in [2.75, 3.05) is 6.38 Å². The van der Waals surface area contributed by atoms with Crippen molar-refractivity contribution in [2.24, 2.45) is 0 Å². The normalized spacial score (nSPS) is 14.0. The van der Waals surface area contributed by atoms with E-state index >= 15 is 0 Å². The van der Waals surface area contributed by atoms with Crippen LogP contribution in [0.3, 0.4) is 0 Å². The lowest BCUT2D eigenvalue weighted by Crippen LogP contribution is -2.03. The second-order valence-corrected chi connectivity index (χ2v) is 1.74. The lowest BCUT2D eigenvalue weighted by atomic mass is 9.46. The van der Waals surface area contributed by atoms with E-state index in [4.69, 9.17) is 0 Å². The van der Waals surface area contributed by atoms with Crippen molar-refractivity contribution in [3.8, 4) is 0 Å². The number of hydrogen-bond donors (Lipinski definition) is 0. The summed E-state index contributed by atoms with van der Waals surface area (Å²) in [5.74, 6) is 0. The van der Waals surface area contributed by atoms with E-state index < -0.39 is 0 Å². The Morgan fingerprint density at radius 1 is 1.10 bits per heavy atom. The van der Waals surface area contributed by atoms with Gasteiger partial charge in [-0.1, -0.05) is 32.9 Å². The molecule has 0 amide bonds. The largest absolute Gasteiger partial charge is 0.130 e. The van der Waals surface area contributed by atoms with Gasteiger partial charge in [-0.05, 0) is 0 Å². The quantitative estimate of drug-likeness (QED) is 0.377. The topological polar surface area (TPSA) is 0 Å². The summed E-state index contributed by atoms with van der Waals surface area (Å²) >= 11 is 4.64. The highest BCUT2D eigenvalue weighted by Gasteiger charge is 1.98. The van der Waals surface area contributed by atoms with Gasteiger partial charge in [0.15, 0.2) is 0 Å². The fourth-order valence-corrected chi connectivity index (χ4v) is 0.760. The van der Waals surface area contributed by atoms with Crippen LogP contribution in [0.4, 0.5) is 0 Å². The molecule has 10 heavy (non-hydrogen) atoms. The summed E-state index contributed by atoms with van der Waals surface area (Å²) in [7, 11) is 4.67. The molecular formula is C7H19B2Cl. The van der Waals surface area contributed by atoms with E-state index in [9.17, 15) is 0 Å². The minimum absolute atomic E-state index is 0. The minimum atomic E-state index is 0. The van der Waals surface area contributed by atoms with E-state index in [1.807, 2.05) is 13.8 Å². The standard InChI is InChI=1S/C4H8B2.C2H6.CH3Cl.H2/c1-2-5-4-6-3-1;2*1-2;/h1-4H2;1-2H3;1H3;1H. The molecule has 60 valence electrons. The molecule has 2 radical (unpaired) electrons. The molecule has 1 aliphatic rings. The first kappa shape index (κ1) is 13.0. The smallest absolute Gasteiger partial charge is 0.100 e. The van der Waals surface area contributed by atoms with Gasteiger partial charge in [-0.15, -0.1) is 17.8 Å². The highest BCUT2D eigenvalue weighted by molar-refractivity contribution is 6.57. The average molecular weight is 160 g/mol. The van der Waals surface area contributed by atoms with Crippen molar-refractivity contribution in [3.63, 3.8) is 0 Å². The van der Waals surface area contributed by atoms with E-state index in [-0.39, 0.29) is 1.43 Å². The Bertz CT molecular complexity index is 31.9. The average Bonchev–Trinajstić information content (AvgIpc) is 2.14. The molecule has 1 aliphatic heterocycles. The Morgan fingerprint density at radius 2 is 1.50 bits per heavy atom. The summed E-state index contributed by atoms with van der Waals surface area (Å²) in [6, 6.07) is 0. The minimum Gasteiger partial charge on any atom is -0.130 e. The molecule has 0 saturated carbocycles. The van der Waals surface area contributed by atoms with Crippen LogP contribution in [-0.2, 0) is 0 Å². The maximum absolute atomic E-state index is 4.64. The van der Waals surface area contributed by atoms with Gasteiger partial charge >= 0.3 is 0 Å². The third-order valence-electron chi connectivity index (χ3n) is 1.15. The molecule has 0 aromatic carbocycles. The Labute approximate surface area is 73.7 Å². The SMILES string of the molecule is CC.CCl.[B]1C[B]CCC1.[HH]. The summed E-state index contributed by atoms with van der Waals surface area (Å²) in [6.07, 6.45) is 6.80. The first-order valence-corrected chi connectivity index (χ1v) is 4.77. The van der Waals surface area contributed by atoms with Crippen LogP contribution in [0.1, 0.15) is 21.7 Å². The van der Waals surface area contributed by atoms with E-state index in [2.05, 4.69) is 26.2 Å². The summed E-state index contributed by atoms with van der Waals surface area (Å²) in [4.78, 5) is 0. The number of rotatable bonds is 0. The van der Waals surface area contributed by atoms with Gasteiger partial charge in [0, 0.05) is 7.81 Å². The van der Waals surface area contributed by atoms with Gasteiger partial charge in [-0.2, -0.15) is 0 Å². The fraction of sp³-hybridized carbons (Fsp3) is 1.00. The molecule has 1 saturated heterocycles. The third-order valence-corrected chi connectivity index (χ3v) is 1.15. The zero-order valence-electron chi connectivity index (χ0n) is 7.36. The van der Waals surface area contributed by atoms with Gasteiger partial charge in [0.25, 0.3) is 0 Å². The summed E-state index contributed by atoms with van der Waals surface area (Å²) in [6.45, 7) is 4.00. The van der Waals surface area contributed by atoms with E-state index in [1.165, 1.54) is 31.7 Å². The lowest BCUT2D eigenvalue weighted by Gasteiger charge is -2.02. The Kier molecular flexibility index (Phi) is 21.1. The second kappa shape index (κ2) is 16.2. The predicted octanol–water partition coefficient (Wildman–Crippen LogP) is 3.14. The monoisotopic (exact) mass is 160 g/mol. The van der Waals surface area contributed by atoms with Gasteiger partial charge in [0.1, 0.15) is 14.6 Å². The number of alkyl halides is 1. The maximum Gasteiger partial charge on any atom is 0.100 e. The van der Waals surface area contributed by atoms with Gasteiger partial charge in [-0.3, -0.25) is 0 Å². The van der Waals surface area contributed by atoms with Crippen LogP contribution in [0.5, 0.6) is 0 Å². The summed E-state index contributed by atoms with van der Waals surface area (Å²) in [5, 5.41) is 0. The molecule has 0 nitrogen and oxygen atoms in total. The van der Waals surface area contributed by atoms with Crippen molar-refractivity contribution < 1.29 is 1.43 Å². The molecule has 1 rings (SSSR count). The van der Waals surface area contributed by atoms with Crippen LogP contribution in [0.2, 0.25) is 18.9 Å². The van der Waals surface area contributed by atoms with Crippen molar-refractivity contribution in [1.82, 2.24) is 0 Å². The van der Waals surface area contributed by atoms with E-state index in [0.717, 1.165) is 0 Å². The predicted molar refractivity (Wildman–Crippen MR) is 55.8 cm³/mol. The summed E-state index contributed by atoms with van der Waals surface area (Å²) in [5.41, 5.74) is 0. The first-order valence-electron chi connectivity index (χ1n) is 4.01. The van der Waals surface area contributed by atoms with Crippen molar-refractivity contribution in [3.05, 3.63) is 0 Å². The molecule has 0 aromatic rings. The Balaban J connectivity index is -0.000000114. The van der Waals surface area contributed by atoms with E-state index in [1.54, 1.807) is 0 Å². The van der Waals surface area contributed by atoms with Crippen molar-refractivity contribution in [1.29, 1.82) is 0 Å². The van der Waals surface area contributed by atoms with Crippen molar-refractivity contribution in [2.45, 2.75) is 39.1 Å². The van der Waals surface area contributed by atoms with Crippen LogP contribution < -0.4 is 0 Å². The zero-order valence-corrected chi connectivity index (χ0v) is 8.12. The molecular weight excluding hydrogens is 141 g/mol. The van der Waals surface area contributed by atoms with Crippen LogP contribution >= 0.6 is 11.6 Å². The van der Waals surface area contributed by atoms with Gasteiger partial charge in [0.05, 0.1) is 0 Å². The van der Waals surface area contributed by atoms with E-state index in [0.29, 0.717) is 0 Å². The number of halogens is 1. The molecule has 0 unspecified atom stereocenters. The molecule has 3 heteroatoms. The Hall–Kier alpha value is 0.420. The second-order valence-electron chi connectivity index (χ2n) is 1.74. The fourth-order valence-electron chi connectivity index (χ4n) is 0.760. The summed E-state index contributed by atoms with van der Waals surface area (Å²) < 4.78 is 0. The molecule has 0 aromatic heterocycles.